The van der Waals surface area contributed by atoms with E-state index in [0.717, 1.165) is 25.8 Å². The van der Waals surface area contributed by atoms with Gasteiger partial charge in [0.15, 0.2) is 16.3 Å². The van der Waals surface area contributed by atoms with E-state index in [1.165, 1.54) is 29.2 Å². The molecule has 4 aromatic rings. The molecule has 1 atom stereocenters. The minimum atomic E-state index is -0.646. The fraction of sp³-hybridized carbons (Fsp3) is 0.182. The molecular formula is C22H20N8O2S2. The van der Waals surface area contributed by atoms with Crippen molar-refractivity contribution in [2.24, 2.45) is 5.10 Å². The highest BCUT2D eigenvalue weighted by molar-refractivity contribution is 8.01. The Hall–Kier alpha value is -3.77. The maximum Gasteiger partial charge on any atom is 0.276 e. The number of fused-ring (bicyclic) bond motifs is 1. The summed E-state index contributed by atoms with van der Waals surface area (Å²) in [5.74, 6) is 1.77. The predicted molar refractivity (Wildman–Crippen MR) is 134 cm³/mol. The quantitative estimate of drug-likeness (QED) is 0.230. The SMILES string of the molecule is Cc1nnc(SCC2=NNC(c3ccccc3[N+](=O)[O-])N(c3cc(C)c4ccccc4n3)N2)s1. The van der Waals surface area contributed by atoms with Crippen LogP contribution in [-0.4, -0.2) is 31.7 Å². The molecule has 2 aromatic heterocycles. The van der Waals surface area contributed by atoms with E-state index >= 15 is 0 Å². The van der Waals surface area contributed by atoms with Crippen LogP contribution < -0.4 is 15.9 Å². The normalized spacial score (nSPS) is 15.5. The van der Waals surface area contributed by atoms with Gasteiger partial charge in [0, 0.05) is 11.5 Å². The fourth-order valence-electron chi connectivity index (χ4n) is 3.70. The van der Waals surface area contributed by atoms with Gasteiger partial charge in [-0.3, -0.25) is 21.0 Å². The number of anilines is 1. The first-order valence-electron chi connectivity index (χ1n) is 10.4. The number of rotatable bonds is 6. The Balaban J connectivity index is 1.53. The van der Waals surface area contributed by atoms with Crippen LogP contribution in [0.25, 0.3) is 10.9 Å². The number of aromatic nitrogens is 3. The molecule has 1 aliphatic heterocycles. The van der Waals surface area contributed by atoms with Crippen LogP contribution in [0.5, 0.6) is 0 Å². The van der Waals surface area contributed by atoms with Crippen LogP contribution in [0.15, 0.2) is 64.0 Å². The Morgan fingerprint density at radius 1 is 1.15 bits per heavy atom. The number of nitrogens with one attached hydrogen (secondary N) is 2. The van der Waals surface area contributed by atoms with Gasteiger partial charge in [-0.2, -0.15) is 5.10 Å². The molecule has 0 radical (unpaired) electrons. The Morgan fingerprint density at radius 3 is 2.74 bits per heavy atom. The molecule has 34 heavy (non-hydrogen) atoms. The van der Waals surface area contributed by atoms with E-state index in [1.807, 2.05) is 44.2 Å². The van der Waals surface area contributed by atoms with Crippen LogP contribution in [0.3, 0.4) is 0 Å². The minimum absolute atomic E-state index is 0.00155. The maximum atomic E-state index is 11.7. The number of hydrogen-bond acceptors (Lipinski definition) is 11. The molecule has 2 aromatic carbocycles. The molecule has 5 rings (SSSR count). The first-order valence-corrected chi connectivity index (χ1v) is 12.2. The average molecular weight is 493 g/mol. The van der Waals surface area contributed by atoms with E-state index < -0.39 is 6.17 Å². The van der Waals surface area contributed by atoms with E-state index in [9.17, 15) is 10.1 Å². The lowest BCUT2D eigenvalue weighted by molar-refractivity contribution is -0.385. The zero-order valence-corrected chi connectivity index (χ0v) is 19.9. The monoisotopic (exact) mass is 492 g/mol. The van der Waals surface area contributed by atoms with Crippen molar-refractivity contribution in [3.63, 3.8) is 0 Å². The van der Waals surface area contributed by atoms with E-state index in [4.69, 9.17) is 4.98 Å². The molecule has 2 N–H and O–H groups in total. The smallest absolute Gasteiger partial charge is 0.276 e. The Labute approximate surface area is 203 Å². The van der Waals surface area contributed by atoms with E-state index in [-0.39, 0.29) is 10.6 Å². The number of hydrogen-bond donors (Lipinski definition) is 2. The van der Waals surface area contributed by atoms with E-state index in [1.54, 1.807) is 23.2 Å². The number of hydrazine groups is 1. The third-order valence-corrected chi connectivity index (χ3v) is 7.24. The third-order valence-electron chi connectivity index (χ3n) is 5.25. The molecule has 1 unspecified atom stereocenters. The Kier molecular flexibility index (Phi) is 5.99. The van der Waals surface area contributed by atoms with Crippen LogP contribution in [0.1, 0.15) is 22.3 Å². The van der Waals surface area contributed by atoms with Gasteiger partial charge in [0.2, 0.25) is 0 Å². The fourth-order valence-corrected chi connectivity index (χ4v) is 5.37. The second kappa shape index (κ2) is 9.23. The van der Waals surface area contributed by atoms with Crippen molar-refractivity contribution in [3.05, 3.63) is 80.8 Å². The summed E-state index contributed by atoms with van der Waals surface area (Å²) in [6.07, 6.45) is -0.646. The molecular weight excluding hydrogens is 472 g/mol. The van der Waals surface area contributed by atoms with Gasteiger partial charge in [0.25, 0.3) is 5.69 Å². The topological polar surface area (TPSA) is 121 Å². The summed E-state index contributed by atoms with van der Waals surface area (Å²) >= 11 is 3.03. The average Bonchev–Trinajstić information content (AvgIpc) is 3.27. The zero-order valence-electron chi connectivity index (χ0n) is 18.3. The van der Waals surface area contributed by atoms with Crippen LogP contribution in [0.4, 0.5) is 11.5 Å². The van der Waals surface area contributed by atoms with Gasteiger partial charge in [-0.1, -0.05) is 53.4 Å². The second-order valence-electron chi connectivity index (χ2n) is 7.58. The summed E-state index contributed by atoms with van der Waals surface area (Å²) in [6.45, 7) is 3.93. The number of aryl methyl sites for hydroxylation is 2. The Morgan fingerprint density at radius 2 is 1.94 bits per heavy atom. The lowest BCUT2D eigenvalue weighted by atomic mass is 10.1. The highest BCUT2D eigenvalue weighted by Crippen LogP contribution is 2.32. The second-order valence-corrected chi connectivity index (χ2v) is 9.98. The van der Waals surface area contributed by atoms with Crippen molar-refractivity contribution < 1.29 is 4.92 Å². The van der Waals surface area contributed by atoms with Gasteiger partial charge >= 0.3 is 0 Å². The van der Waals surface area contributed by atoms with Crippen molar-refractivity contribution in [3.8, 4) is 0 Å². The summed E-state index contributed by atoms with van der Waals surface area (Å²) in [4.78, 5) is 16.2. The van der Waals surface area contributed by atoms with E-state index in [2.05, 4.69) is 26.2 Å². The first kappa shape index (κ1) is 22.0. The van der Waals surface area contributed by atoms with Crippen molar-refractivity contribution in [2.45, 2.75) is 24.4 Å². The molecule has 10 nitrogen and oxygen atoms in total. The number of nitro groups is 1. The van der Waals surface area contributed by atoms with Crippen LogP contribution in [-0.2, 0) is 0 Å². The van der Waals surface area contributed by atoms with Gasteiger partial charge in [-0.15, -0.1) is 10.2 Å². The molecule has 0 amide bonds. The molecule has 172 valence electrons. The van der Waals surface area contributed by atoms with Crippen molar-refractivity contribution in [1.82, 2.24) is 26.0 Å². The maximum absolute atomic E-state index is 11.7. The molecule has 1 aliphatic rings. The highest BCUT2D eigenvalue weighted by atomic mass is 32.2. The van der Waals surface area contributed by atoms with Gasteiger partial charge < -0.3 is 0 Å². The summed E-state index contributed by atoms with van der Waals surface area (Å²) < 4.78 is 0.842. The van der Waals surface area contributed by atoms with Gasteiger partial charge in [-0.05, 0) is 37.6 Å². The standard InChI is InChI=1S/C22H20N8O2S2/c1-13-11-20(23-17-9-5-3-7-15(13)17)29-21(16-8-4-6-10-18(16)30(31)32)26-25-19(28-29)12-33-22-27-24-14(2)34-22/h3-11,21,26H,12H2,1-2H3,(H,25,28). The summed E-state index contributed by atoms with van der Waals surface area (Å²) in [7, 11) is 0. The number of nitro benzene ring substituents is 1. The molecule has 0 saturated heterocycles. The van der Waals surface area contributed by atoms with Crippen LogP contribution in [0.2, 0.25) is 0 Å². The number of para-hydroxylation sites is 2. The molecule has 0 fully saturated rings. The number of hydrazone groups is 1. The molecule has 0 saturated carbocycles. The number of benzene rings is 2. The van der Waals surface area contributed by atoms with Crippen molar-refractivity contribution >= 4 is 51.3 Å². The predicted octanol–water partition coefficient (Wildman–Crippen LogP) is 4.33. The summed E-state index contributed by atoms with van der Waals surface area (Å²) in [5, 5.41) is 28.1. The van der Waals surface area contributed by atoms with Gasteiger partial charge in [0.05, 0.1) is 21.8 Å². The zero-order chi connectivity index (χ0) is 23.7. The van der Waals surface area contributed by atoms with Gasteiger partial charge in [0.1, 0.15) is 10.8 Å². The molecule has 3 heterocycles. The summed E-state index contributed by atoms with van der Waals surface area (Å²) in [5.41, 5.74) is 8.78. The number of pyridine rings is 1. The largest absolute Gasteiger partial charge is 0.280 e. The van der Waals surface area contributed by atoms with Gasteiger partial charge in [-0.25, -0.2) is 9.99 Å². The lowest BCUT2D eigenvalue weighted by Crippen LogP contribution is -2.54. The molecule has 0 aliphatic carbocycles. The Bertz CT molecular complexity index is 1410. The van der Waals surface area contributed by atoms with Crippen molar-refractivity contribution in [2.75, 3.05) is 10.8 Å². The van der Waals surface area contributed by atoms with E-state index in [0.29, 0.717) is 23.0 Å². The molecule has 0 bridgehead atoms. The highest BCUT2D eigenvalue weighted by Gasteiger charge is 2.32. The third kappa shape index (κ3) is 4.37. The first-order chi connectivity index (χ1) is 16.5. The molecule has 0 spiro atoms. The molecule has 12 heteroatoms. The van der Waals surface area contributed by atoms with Crippen LogP contribution in [0, 0.1) is 24.0 Å². The van der Waals surface area contributed by atoms with Crippen molar-refractivity contribution in [1.29, 1.82) is 0 Å². The number of thioether (sulfide) groups is 1. The summed E-state index contributed by atoms with van der Waals surface area (Å²) in [6, 6.07) is 16.5. The number of amidine groups is 1. The number of nitrogens with zero attached hydrogens (tertiary/aromatic N) is 6. The van der Waals surface area contributed by atoms with Crippen LogP contribution >= 0.6 is 23.1 Å². The lowest BCUT2D eigenvalue weighted by Gasteiger charge is -2.37. The minimum Gasteiger partial charge on any atom is -0.280 e.